The number of pyridine rings is 3. The molecule has 1 aliphatic heterocycles. The number of aliphatic hydroxyl groups excluding tert-OH is 2. The molecule has 0 atom stereocenters. The van der Waals surface area contributed by atoms with E-state index in [9.17, 15) is 14.7 Å². The van der Waals surface area contributed by atoms with Crippen LogP contribution in [0.25, 0.3) is 121 Å². The summed E-state index contributed by atoms with van der Waals surface area (Å²) in [5, 5.41) is 26.9. The second kappa shape index (κ2) is 37.4. The van der Waals surface area contributed by atoms with Gasteiger partial charge in [-0.3, -0.25) is 19.6 Å². The number of carbonyl (C=O) groups is 2. The molecule has 104 heavy (non-hydrogen) atoms. The molecule has 0 unspecified atom stereocenters. The van der Waals surface area contributed by atoms with Gasteiger partial charge in [0.1, 0.15) is 0 Å². The molecule has 4 aromatic heterocycles. The Morgan fingerprint density at radius 3 is 1.84 bits per heavy atom. The molecular weight excluding hydrogens is 1820 g/mol. The van der Waals surface area contributed by atoms with Crippen molar-refractivity contribution in [1.82, 2.24) is 19.9 Å². The van der Waals surface area contributed by atoms with Crippen LogP contribution in [0.1, 0.15) is 69.5 Å². The van der Waals surface area contributed by atoms with E-state index in [1.54, 1.807) is 0 Å². The first kappa shape index (κ1) is 79.6. The zero-order chi connectivity index (χ0) is 71.1. The Bertz CT molecular complexity index is 5520. The smallest absolute Gasteiger partial charge is 0.216 e. The third-order valence-electron chi connectivity index (χ3n) is 17.2. The van der Waals surface area contributed by atoms with Crippen LogP contribution in [-0.2, 0) is 76.4 Å². The summed E-state index contributed by atoms with van der Waals surface area (Å²) >= 11 is 0. The summed E-state index contributed by atoms with van der Waals surface area (Å²) in [7, 11) is 0. The van der Waals surface area contributed by atoms with Crippen molar-refractivity contribution in [3.8, 4) is 56.0 Å². The number of aryl methyl sites for hydroxylation is 4. The molecule has 12 heteroatoms. The Labute approximate surface area is 650 Å². The monoisotopic (exact) mass is 1900 g/mol. The van der Waals surface area contributed by atoms with Crippen LogP contribution >= 0.6 is 0 Å². The molecule has 0 amide bonds. The van der Waals surface area contributed by atoms with E-state index in [0.717, 1.165) is 78.6 Å². The number of hydrogen-bond donors (Lipinski definition) is 2. The summed E-state index contributed by atoms with van der Waals surface area (Å²) in [6, 6.07) is 96.5. The van der Waals surface area contributed by atoms with Gasteiger partial charge in [0.05, 0.1) is 33.8 Å². The number of ketones is 2. The van der Waals surface area contributed by atoms with Crippen molar-refractivity contribution < 1.29 is 84.7 Å². The van der Waals surface area contributed by atoms with Gasteiger partial charge in [0.15, 0.2) is 18.1 Å². The van der Waals surface area contributed by atoms with Gasteiger partial charge in [-0.1, -0.05) is 227 Å². The second-order valence-electron chi connectivity index (χ2n) is 25.8. The molecule has 9 nitrogen and oxygen atoms in total. The maximum Gasteiger partial charge on any atom is 0.216 e. The largest absolute Gasteiger partial charge is 0.512 e. The minimum Gasteiger partial charge on any atom is -0.512 e. The van der Waals surface area contributed by atoms with Crippen molar-refractivity contribution >= 4 is 76.7 Å². The molecule has 527 valence electrons. The van der Waals surface area contributed by atoms with E-state index in [1.807, 2.05) is 120 Å². The number of allylic oxidation sites excluding steroid dienone is 4. The Morgan fingerprint density at radius 2 is 1.16 bits per heavy atom. The summed E-state index contributed by atoms with van der Waals surface area (Å²) in [6.45, 7) is 19.5. The number of carbonyl (C=O) groups excluding carboxylic acids is 2. The SMILES string of the molecule is CC(=O)C=C(C)O.CC(C)C(=O)C=C(O)C(C)C.Cc1[c-]c(-c2ccc3ccccc3n2)cc(C)c1.Cc1cc2ccccc2[n+]2c1-c1ccccc1C2.Cc1cnc2c3[c-]cc(-c4ccccc4)cc3c3cc(-c4ccccc4)ccc3c2n1.[Ir].[Ir].[Ir].[c-]1ccccc1-c1nccc2ccccc12. The Kier molecular flexibility index (Phi) is 28.6. The first-order chi connectivity index (χ1) is 48.9. The van der Waals surface area contributed by atoms with Crippen LogP contribution < -0.4 is 4.57 Å². The summed E-state index contributed by atoms with van der Waals surface area (Å²) in [6.07, 6.45) is 6.17. The molecule has 11 aromatic carbocycles. The van der Waals surface area contributed by atoms with Gasteiger partial charge < -0.3 is 20.2 Å². The molecule has 2 N–H and O–H groups in total. The van der Waals surface area contributed by atoms with Crippen LogP contribution in [0.3, 0.4) is 0 Å². The number of benzene rings is 11. The van der Waals surface area contributed by atoms with Gasteiger partial charge in [-0.05, 0) is 102 Å². The third kappa shape index (κ3) is 19.8. The Morgan fingerprint density at radius 1 is 0.519 bits per heavy atom. The predicted molar refractivity (Wildman–Crippen MR) is 416 cm³/mol. The maximum absolute atomic E-state index is 11.0. The molecule has 0 saturated carbocycles. The van der Waals surface area contributed by atoms with Gasteiger partial charge in [0.25, 0.3) is 0 Å². The topological polar surface area (TPSA) is 130 Å². The number of aromatic nitrogens is 5. The summed E-state index contributed by atoms with van der Waals surface area (Å²) in [4.78, 5) is 39.8. The standard InChI is InChI=1S/C29H19N2.2C17H14N.C15H10N.C9H16O2.C5H8O2.3Ir/c1-19-18-30-28-24-14-12-22(20-8-4-2-5-9-20)16-26(24)27-17-23(21-10-6-3-7-11-21)13-15-25(27)29(28)31-19;1-12-10-13-6-3-5-9-16(13)18-11-14-7-2-4-8-15(14)17(12)18;1-12-9-13(2)11-15(10-12)17-8-7-14-5-3-4-6-16(14)18-17;1-2-7-13(8-3-1)15-14-9-5-4-6-12(14)10-11-16-15;1-6(2)8(10)5-9(11)7(3)4;1-4(6)3-5(2)7;;;/h2-13,15-18H,1H3;2-10H,11H2,1H3;3-10H,1-2H3;1-7,9-11H;5-7,10H,1-4H3;3,6H,1-2H3;;;/q-1;+1;2*-1;;;;;. The first-order valence-electron chi connectivity index (χ1n) is 34.0. The molecular formula is C92H81Ir3N5O4-2. The summed E-state index contributed by atoms with van der Waals surface area (Å²) < 4.78 is 2.44. The molecule has 15 aromatic rings. The average molecular weight is 1900 g/mol. The Hall–Kier alpha value is -10.1. The number of aliphatic hydroxyl groups is 2. The average Bonchev–Trinajstić information content (AvgIpc) is 0.803. The first-order valence-corrected chi connectivity index (χ1v) is 34.0. The molecule has 0 fully saturated rings. The van der Waals surface area contributed by atoms with E-state index < -0.39 is 0 Å². The van der Waals surface area contributed by atoms with E-state index >= 15 is 0 Å². The third-order valence-corrected chi connectivity index (χ3v) is 17.2. The molecule has 16 rings (SSSR count). The number of nitrogens with zero attached hydrogens (tertiary/aromatic N) is 5. The second-order valence-corrected chi connectivity index (χ2v) is 25.8. The van der Waals surface area contributed by atoms with Gasteiger partial charge >= 0.3 is 0 Å². The van der Waals surface area contributed by atoms with Crippen LogP contribution in [0, 0.1) is 57.7 Å². The van der Waals surface area contributed by atoms with Gasteiger partial charge in [0, 0.05) is 125 Å². The van der Waals surface area contributed by atoms with Crippen LogP contribution in [0.4, 0.5) is 0 Å². The van der Waals surface area contributed by atoms with Gasteiger partial charge in [-0.15, -0.1) is 94.4 Å². The van der Waals surface area contributed by atoms with E-state index in [1.165, 1.54) is 103 Å². The zero-order valence-corrected chi connectivity index (χ0v) is 67.0. The number of hydrogen-bond acceptors (Lipinski definition) is 8. The molecule has 1 aliphatic rings. The number of para-hydroxylation sites is 2. The van der Waals surface area contributed by atoms with Crippen LogP contribution in [0.2, 0.25) is 0 Å². The maximum atomic E-state index is 11.0. The van der Waals surface area contributed by atoms with Crippen molar-refractivity contribution in [2.75, 3.05) is 0 Å². The van der Waals surface area contributed by atoms with Crippen LogP contribution in [-0.4, -0.2) is 41.7 Å². The molecule has 0 saturated heterocycles. The minimum atomic E-state index is -0.125. The quantitative estimate of drug-likeness (QED) is 0.0506. The van der Waals surface area contributed by atoms with Gasteiger partial charge in [-0.25, -0.2) is 0 Å². The minimum absolute atomic E-state index is 0. The van der Waals surface area contributed by atoms with Crippen LogP contribution in [0.15, 0.2) is 285 Å². The van der Waals surface area contributed by atoms with E-state index in [-0.39, 0.29) is 95.2 Å². The Balaban J connectivity index is 0.000000166. The molecule has 0 aliphatic carbocycles. The van der Waals surface area contributed by atoms with E-state index in [0.29, 0.717) is 0 Å². The predicted octanol–water partition coefficient (Wildman–Crippen LogP) is 22.2. The fraction of sp³-hybridized carbons (Fsp3) is 0.141. The van der Waals surface area contributed by atoms with E-state index in [4.69, 9.17) is 20.1 Å². The van der Waals surface area contributed by atoms with Crippen molar-refractivity contribution in [1.29, 1.82) is 0 Å². The molecule has 5 heterocycles. The molecule has 0 bridgehead atoms. The number of fused-ring (bicyclic) bond motifs is 13. The van der Waals surface area contributed by atoms with E-state index in [2.05, 4.69) is 224 Å². The summed E-state index contributed by atoms with van der Waals surface area (Å²) in [5.74, 6) is 0.0981. The fourth-order valence-electron chi connectivity index (χ4n) is 12.3. The number of rotatable bonds is 8. The fourth-order valence-corrected chi connectivity index (χ4v) is 12.3. The van der Waals surface area contributed by atoms with Crippen molar-refractivity contribution in [2.24, 2.45) is 11.8 Å². The van der Waals surface area contributed by atoms with Crippen molar-refractivity contribution in [3.05, 3.63) is 331 Å². The summed E-state index contributed by atoms with van der Waals surface area (Å²) in [5.41, 5.74) is 21.9. The molecule has 0 spiro atoms. The van der Waals surface area contributed by atoms with Crippen molar-refractivity contribution in [3.63, 3.8) is 0 Å². The van der Waals surface area contributed by atoms with Gasteiger partial charge in [-0.2, -0.15) is 4.57 Å². The van der Waals surface area contributed by atoms with Crippen LogP contribution in [0.5, 0.6) is 0 Å². The van der Waals surface area contributed by atoms with Gasteiger partial charge in [0.2, 0.25) is 11.2 Å². The zero-order valence-electron chi connectivity index (χ0n) is 59.8. The van der Waals surface area contributed by atoms with Crippen molar-refractivity contribution in [2.45, 2.75) is 75.8 Å². The molecule has 3 radical (unpaired) electrons. The normalized spacial score (nSPS) is 11.2.